The topological polar surface area (TPSA) is 44.3 Å². The van der Waals surface area contributed by atoms with E-state index in [4.69, 9.17) is 0 Å². The van der Waals surface area contributed by atoms with Gasteiger partial charge >= 0.3 is 6.18 Å². The van der Waals surface area contributed by atoms with Crippen molar-refractivity contribution in [3.63, 3.8) is 0 Å². The van der Waals surface area contributed by atoms with E-state index in [1.54, 1.807) is 0 Å². The number of alkyl halides is 3. The number of halogens is 3. The SMILES string of the molecule is FC(F)(F)C1=CN(c2cnc[nH]2)CN=C1. The molecule has 80 valence electrons. The van der Waals surface area contributed by atoms with Crippen LogP contribution in [0.1, 0.15) is 0 Å². The largest absolute Gasteiger partial charge is 0.419 e. The molecule has 4 nitrogen and oxygen atoms in total. The predicted molar refractivity (Wildman–Crippen MR) is 48.6 cm³/mol. The fraction of sp³-hybridized carbons (Fsp3) is 0.250. The number of hydrogen-bond donors (Lipinski definition) is 1. The average molecular weight is 216 g/mol. The lowest BCUT2D eigenvalue weighted by atomic mass is 10.3. The van der Waals surface area contributed by atoms with Gasteiger partial charge in [-0.1, -0.05) is 0 Å². The van der Waals surface area contributed by atoms with Crippen molar-refractivity contribution in [3.05, 3.63) is 24.3 Å². The number of aliphatic imine (C=N–C) groups is 1. The minimum atomic E-state index is -4.37. The minimum Gasteiger partial charge on any atom is -0.331 e. The number of nitrogens with one attached hydrogen (secondary N) is 1. The van der Waals surface area contributed by atoms with Crippen molar-refractivity contribution in [2.24, 2.45) is 4.99 Å². The van der Waals surface area contributed by atoms with Gasteiger partial charge in [0.1, 0.15) is 12.5 Å². The smallest absolute Gasteiger partial charge is 0.331 e. The quantitative estimate of drug-likeness (QED) is 0.776. The van der Waals surface area contributed by atoms with Crippen LogP contribution < -0.4 is 4.90 Å². The second-order valence-electron chi connectivity index (χ2n) is 2.94. The first-order valence-electron chi connectivity index (χ1n) is 4.11. The van der Waals surface area contributed by atoms with E-state index < -0.39 is 11.7 Å². The van der Waals surface area contributed by atoms with E-state index in [-0.39, 0.29) is 6.67 Å². The zero-order valence-electron chi connectivity index (χ0n) is 7.49. The van der Waals surface area contributed by atoms with Gasteiger partial charge in [-0.15, -0.1) is 0 Å². The van der Waals surface area contributed by atoms with E-state index in [1.165, 1.54) is 17.4 Å². The molecule has 0 bridgehead atoms. The summed E-state index contributed by atoms with van der Waals surface area (Å²) in [6.45, 7) is 0.155. The molecule has 1 aliphatic heterocycles. The van der Waals surface area contributed by atoms with Crippen LogP contribution >= 0.6 is 0 Å². The molecule has 0 aromatic carbocycles. The Morgan fingerprint density at radius 1 is 1.40 bits per heavy atom. The molecule has 2 rings (SSSR count). The van der Waals surface area contributed by atoms with Gasteiger partial charge in [-0.2, -0.15) is 13.2 Å². The van der Waals surface area contributed by atoms with Crippen molar-refractivity contribution >= 4 is 12.0 Å². The van der Waals surface area contributed by atoms with Crippen LogP contribution in [0, 0.1) is 0 Å². The molecule has 0 atom stereocenters. The maximum Gasteiger partial charge on any atom is 0.419 e. The molecular formula is C8H7F3N4. The summed E-state index contributed by atoms with van der Waals surface area (Å²) in [5, 5.41) is 0. The van der Waals surface area contributed by atoms with Crippen molar-refractivity contribution in [3.8, 4) is 0 Å². The van der Waals surface area contributed by atoms with Gasteiger partial charge in [-0.05, 0) is 0 Å². The Kier molecular flexibility index (Phi) is 2.22. The highest BCUT2D eigenvalue weighted by atomic mass is 19.4. The van der Waals surface area contributed by atoms with E-state index in [1.807, 2.05) is 0 Å². The number of aromatic nitrogens is 2. The van der Waals surface area contributed by atoms with Crippen LogP contribution in [0.5, 0.6) is 0 Å². The molecule has 0 fully saturated rings. The molecule has 1 aromatic heterocycles. The molecule has 0 amide bonds. The third-order valence-electron chi connectivity index (χ3n) is 1.88. The minimum absolute atomic E-state index is 0.155. The second kappa shape index (κ2) is 3.41. The first-order chi connectivity index (χ1) is 7.07. The Hall–Kier alpha value is -1.79. The Balaban J connectivity index is 2.25. The number of H-pyrrole nitrogens is 1. The molecule has 0 saturated carbocycles. The van der Waals surface area contributed by atoms with Crippen LogP contribution in [0.2, 0.25) is 0 Å². The summed E-state index contributed by atoms with van der Waals surface area (Å²) in [6, 6.07) is 0. The highest BCUT2D eigenvalue weighted by molar-refractivity contribution is 5.82. The van der Waals surface area contributed by atoms with Gasteiger partial charge in [0.05, 0.1) is 18.1 Å². The first-order valence-corrected chi connectivity index (χ1v) is 4.11. The van der Waals surface area contributed by atoms with Crippen LogP contribution in [-0.2, 0) is 0 Å². The van der Waals surface area contributed by atoms with Gasteiger partial charge in [0.2, 0.25) is 0 Å². The standard InChI is InChI=1S/C8H7F3N4/c9-8(10,11)6-1-13-5-15(3-6)7-2-12-4-14-7/h1-4H,5H2,(H,12,14). The Morgan fingerprint density at radius 2 is 2.20 bits per heavy atom. The lowest BCUT2D eigenvalue weighted by Crippen LogP contribution is -2.26. The molecular weight excluding hydrogens is 209 g/mol. The maximum atomic E-state index is 12.3. The molecule has 15 heavy (non-hydrogen) atoms. The van der Waals surface area contributed by atoms with Gasteiger partial charge < -0.3 is 9.88 Å². The second-order valence-corrected chi connectivity index (χ2v) is 2.94. The van der Waals surface area contributed by atoms with Gasteiger partial charge in [0.15, 0.2) is 0 Å². The van der Waals surface area contributed by atoms with Gasteiger partial charge in [0.25, 0.3) is 0 Å². The third kappa shape index (κ3) is 2.00. The van der Waals surface area contributed by atoms with Crippen LogP contribution in [0.15, 0.2) is 29.3 Å². The van der Waals surface area contributed by atoms with E-state index in [0.717, 1.165) is 12.4 Å². The van der Waals surface area contributed by atoms with Crippen LogP contribution in [0.25, 0.3) is 0 Å². The molecule has 0 aliphatic carbocycles. The Bertz CT molecular complexity index is 391. The molecule has 1 aromatic rings. The number of anilines is 1. The summed E-state index contributed by atoms with van der Waals surface area (Å²) in [7, 11) is 0. The lowest BCUT2D eigenvalue weighted by molar-refractivity contribution is -0.0859. The number of hydrogen-bond acceptors (Lipinski definition) is 3. The fourth-order valence-electron chi connectivity index (χ4n) is 1.17. The molecule has 0 spiro atoms. The molecule has 0 saturated heterocycles. The number of imidazole rings is 1. The summed E-state index contributed by atoms with van der Waals surface area (Å²) in [5.74, 6) is 0.480. The fourth-order valence-corrected chi connectivity index (χ4v) is 1.17. The highest BCUT2D eigenvalue weighted by Gasteiger charge is 2.34. The summed E-state index contributed by atoms with van der Waals surface area (Å²) in [6.07, 6.45) is 0.287. The van der Waals surface area contributed by atoms with Crippen molar-refractivity contribution in [1.29, 1.82) is 0 Å². The number of allylic oxidation sites excluding steroid dienone is 1. The molecule has 0 unspecified atom stereocenters. The van der Waals surface area contributed by atoms with Crippen LogP contribution in [0.4, 0.5) is 19.0 Å². The maximum absolute atomic E-state index is 12.3. The van der Waals surface area contributed by atoms with E-state index >= 15 is 0 Å². The summed E-state index contributed by atoms with van der Waals surface area (Å²) in [4.78, 5) is 11.4. The normalized spacial score (nSPS) is 16.7. The zero-order chi connectivity index (χ0) is 10.9. The van der Waals surface area contributed by atoms with Crippen molar-refractivity contribution in [2.75, 3.05) is 11.6 Å². The molecule has 1 N–H and O–H groups in total. The van der Waals surface area contributed by atoms with Gasteiger partial charge in [-0.3, -0.25) is 4.99 Å². The monoisotopic (exact) mass is 216 g/mol. The van der Waals surface area contributed by atoms with Crippen molar-refractivity contribution in [1.82, 2.24) is 9.97 Å². The molecule has 7 heteroatoms. The summed E-state index contributed by atoms with van der Waals surface area (Å²) >= 11 is 0. The van der Waals surface area contributed by atoms with Crippen molar-refractivity contribution < 1.29 is 13.2 Å². The lowest BCUT2D eigenvalue weighted by Gasteiger charge is -2.21. The molecule has 2 heterocycles. The zero-order valence-corrected chi connectivity index (χ0v) is 7.49. The van der Waals surface area contributed by atoms with E-state index in [9.17, 15) is 13.2 Å². The van der Waals surface area contributed by atoms with E-state index in [2.05, 4.69) is 15.0 Å². The van der Waals surface area contributed by atoms with Crippen LogP contribution in [0.3, 0.4) is 0 Å². The van der Waals surface area contributed by atoms with Crippen molar-refractivity contribution in [2.45, 2.75) is 6.18 Å². The Labute approximate surface area is 83.1 Å². The number of aromatic amines is 1. The molecule has 1 aliphatic rings. The van der Waals surface area contributed by atoms with Gasteiger partial charge in [-0.25, -0.2) is 4.98 Å². The van der Waals surface area contributed by atoms with E-state index in [0.29, 0.717) is 5.82 Å². The van der Waals surface area contributed by atoms with Crippen LogP contribution in [-0.4, -0.2) is 29.0 Å². The number of nitrogens with zero attached hydrogens (tertiary/aromatic N) is 3. The highest BCUT2D eigenvalue weighted by Crippen LogP contribution is 2.27. The number of rotatable bonds is 1. The average Bonchev–Trinajstić information content (AvgIpc) is 2.69. The third-order valence-corrected chi connectivity index (χ3v) is 1.88. The summed E-state index contributed by atoms with van der Waals surface area (Å²) < 4.78 is 37.0. The predicted octanol–water partition coefficient (Wildman–Crippen LogP) is 1.70. The first kappa shape index (κ1) is 9.75. The molecule has 0 radical (unpaired) electrons. The van der Waals surface area contributed by atoms with Gasteiger partial charge in [0, 0.05) is 12.4 Å². The Morgan fingerprint density at radius 3 is 2.80 bits per heavy atom. The summed E-state index contributed by atoms with van der Waals surface area (Å²) in [5.41, 5.74) is -0.775.